The molecule has 0 saturated heterocycles. The lowest BCUT2D eigenvalue weighted by Gasteiger charge is -2.34. The zero-order valence-electron chi connectivity index (χ0n) is 15.1. The first-order valence-electron chi connectivity index (χ1n) is 8.53. The minimum atomic E-state index is -2.75. The van der Waals surface area contributed by atoms with Crippen molar-refractivity contribution in [1.82, 2.24) is 25.7 Å². The maximum Gasteiger partial charge on any atom is 0.274 e. The summed E-state index contributed by atoms with van der Waals surface area (Å²) in [5.74, 6) is -4.61. The van der Waals surface area contributed by atoms with Crippen LogP contribution >= 0.6 is 11.6 Å². The molecule has 1 saturated carbocycles. The Morgan fingerprint density at radius 1 is 1.36 bits per heavy atom. The van der Waals surface area contributed by atoms with E-state index in [1.165, 1.54) is 25.8 Å². The van der Waals surface area contributed by atoms with Crippen LogP contribution in [0.2, 0.25) is 0 Å². The van der Waals surface area contributed by atoms with Gasteiger partial charge in [0.15, 0.2) is 0 Å². The lowest BCUT2D eigenvalue weighted by Crippen LogP contribution is -2.51. The Morgan fingerprint density at radius 2 is 1.96 bits per heavy atom. The van der Waals surface area contributed by atoms with Gasteiger partial charge in [-0.15, -0.1) is 0 Å². The van der Waals surface area contributed by atoms with Crippen LogP contribution in [0.3, 0.4) is 0 Å². The molecule has 12 heteroatoms. The summed E-state index contributed by atoms with van der Waals surface area (Å²) in [6, 6.07) is -1.83. The number of hydroxylamine groups is 1. The molecule has 2 atom stereocenters. The largest absolute Gasteiger partial charge is 0.351 e. The Kier molecular flexibility index (Phi) is 7.96. The minimum Gasteiger partial charge on any atom is -0.351 e. The van der Waals surface area contributed by atoms with E-state index in [9.17, 15) is 22.8 Å². The molecule has 156 valence electrons. The Morgan fingerprint density at radius 3 is 2.50 bits per heavy atom. The molecule has 2 amide bonds. The summed E-state index contributed by atoms with van der Waals surface area (Å²) in [6.45, 7) is -0.363. The molecule has 1 aromatic rings. The first-order valence-corrected chi connectivity index (χ1v) is 8.96. The number of carbonyl (C=O) groups excluding carboxylic acids is 2. The smallest absolute Gasteiger partial charge is 0.274 e. The quantitative estimate of drug-likeness (QED) is 0.375. The number of hydrogen-bond acceptors (Lipinski definition) is 6. The van der Waals surface area contributed by atoms with Crippen molar-refractivity contribution < 1.29 is 27.6 Å². The van der Waals surface area contributed by atoms with Gasteiger partial charge in [-0.1, -0.05) is 11.6 Å². The Labute approximate surface area is 164 Å². The predicted octanol–water partition coefficient (Wildman–Crippen LogP) is 1.68. The van der Waals surface area contributed by atoms with Crippen molar-refractivity contribution in [1.29, 1.82) is 0 Å². The van der Waals surface area contributed by atoms with E-state index < -0.39 is 35.5 Å². The van der Waals surface area contributed by atoms with Crippen LogP contribution in [-0.2, 0) is 14.4 Å². The van der Waals surface area contributed by atoms with Crippen molar-refractivity contribution in [2.75, 3.05) is 13.8 Å². The number of rotatable bonds is 8. The third-order valence-electron chi connectivity index (χ3n) is 4.37. The number of aromatic nitrogens is 2. The van der Waals surface area contributed by atoms with Gasteiger partial charge in [-0.2, -0.15) is 5.48 Å². The Balaban J connectivity index is 2.25. The van der Waals surface area contributed by atoms with Crippen LogP contribution in [0.25, 0.3) is 0 Å². The average Bonchev–Trinajstić information content (AvgIpc) is 2.66. The second-order valence-corrected chi connectivity index (χ2v) is 6.71. The number of halogens is 4. The maximum atomic E-state index is 13.5. The van der Waals surface area contributed by atoms with Gasteiger partial charge in [0.05, 0.1) is 13.8 Å². The number of amides is 2. The molecule has 2 unspecified atom stereocenters. The molecule has 1 aromatic heterocycles. The molecule has 2 rings (SSSR count). The summed E-state index contributed by atoms with van der Waals surface area (Å²) in [5, 5.41) is 2.65. The summed E-state index contributed by atoms with van der Waals surface area (Å²) in [7, 11) is 1.28. The van der Waals surface area contributed by atoms with Gasteiger partial charge >= 0.3 is 0 Å². The van der Waals surface area contributed by atoms with Gasteiger partial charge < -0.3 is 15.1 Å². The highest BCUT2D eigenvalue weighted by Crippen LogP contribution is 2.33. The first kappa shape index (κ1) is 22.3. The third-order valence-corrected chi connectivity index (χ3v) is 4.56. The van der Waals surface area contributed by atoms with Gasteiger partial charge in [-0.05, 0) is 12.8 Å². The molecular weight excluding hydrogens is 403 g/mol. The van der Waals surface area contributed by atoms with Gasteiger partial charge in [0, 0.05) is 36.8 Å². The molecule has 1 aliphatic carbocycles. The van der Waals surface area contributed by atoms with Crippen molar-refractivity contribution in [3.63, 3.8) is 0 Å². The molecule has 0 aliphatic heterocycles. The summed E-state index contributed by atoms with van der Waals surface area (Å²) in [6.07, 6.45) is 3.28. The zero-order valence-corrected chi connectivity index (χ0v) is 15.8. The van der Waals surface area contributed by atoms with Gasteiger partial charge in [-0.25, -0.2) is 23.1 Å². The highest BCUT2D eigenvalue weighted by molar-refractivity contribution is 6.29. The molecule has 1 heterocycles. The molecule has 8 nitrogen and oxygen atoms in total. The first-order chi connectivity index (χ1) is 13.2. The molecule has 0 radical (unpaired) electrons. The maximum absolute atomic E-state index is 13.5. The Bertz CT molecular complexity index is 658. The number of nitrogens with zero attached hydrogens (tertiary/aromatic N) is 3. The van der Waals surface area contributed by atoms with Crippen molar-refractivity contribution in [3.05, 3.63) is 24.3 Å². The van der Waals surface area contributed by atoms with E-state index >= 15 is 0 Å². The van der Waals surface area contributed by atoms with Gasteiger partial charge in [-0.3, -0.25) is 9.59 Å². The van der Waals surface area contributed by atoms with Crippen LogP contribution in [0.4, 0.5) is 13.2 Å². The third kappa shape index (κ3) is 6.01. The minimum absolute atomic E-state index is 0.0856. The Hall–Kier alpha value is -1.98. The van der Waals surface area contributed by atoms with E-state index in [0.717, 1.165) is 4.90 Å². The fourth-order valence-corrected chi connectivity index (χ4v) is 3.07. The molecule has 1 aliphatic rings. The lowest BCUT2D eigenvalue weighted by atomic mass is 9.92. The zero-order chi connectivity index (χ0) is 20.7. The molecular formula is C16H21ClF3N5O3. The lowest BCUT2D eigenvalue weighted by molar-refractivity contribution is -0.145. The van der Waals surface area contributed by atoms with Crippen LogP contribution in [-0.4, -0.2) is 58.1 Å². The van der Waals surface area contributed by atoms with Gasteiger partial charge in [0.2, 0.25) is 11.8 Å². The highest BCUT2D eigenvalue weighted by atomic mass is 35.5. The normalized spacial score (nSPS) is 18.9. The highest BCUT2D eigenvalue weighted by Gasteiger charge is 2.39. The van der Waals surface area contributed by atoms with E-state index in [1.54, 1.807) is 0 Å². The van der Waals surface area contributed by atoms with E-state index in [-0.39, 0.29) is 37.9 Å². The van der Waals surface area contributed by atoms with Crippen LogP contribution in [0.15, 0.2) is 18.7 Å². The van der Waals surface area contributed by atoms with Gasteiger partial charge in [0.25, 0.3) is 11.5 Å². The number of hydrogen-bond donors (Lipinski definition) is 2. The monoisotopic (exact) mass is 423 g/mol. The molecule has 1 fully saturated rings. The van der Waals surface area contributed by atoms with Crippen molar-refractivity contribution in [2.24, 2.45) is 0 Å². The van der Waals surface area contributed by atoms with E-state index in [0.29, 0.717) is 0 Å². The van der Waals surface area contributed by atoms with E-state index in [1.807, 2.05) is 0 Å². The fraction of sp³-hybridized carbons (Fsp3) is 0.625. The summed E-state index contributed by atoms with van der Waals surface area (Å²) in [4.78, 5) is 38.3. The number of nitrogens with one attached hydrogen (secondary N) is 2. The number of carbonyl (C=O) groups is 2. The molecule has 2 N–H and O–H groups in total. The van der Waals surface area contributed by atoms with Crippen LogP contribution in [0, 0.1) is 0 Å². The molecule has 28 heavy (non-hydrogen) atoms. The second-order valence-electron chi connectivity index (χ2n) is 6.33. The summed E-state index contributed by atoms with van der Waals surface area (Å²) >= 11 is 5.29. The van der Waals surface area contributed by atoms with Gasteiger partial charge in [0.1, 0.15) is 12.4 Å². The van der Waals surface area contributed by atoms with E-state index in [4.69, 9.17) is 11.6 Å². The van der Waals surface area contributed by atoms with Crippen molar-refractivity contribution in [2.45, 2.75) is 49.3 Å². The van der Waals surface area contributed by atoms with Crippen LogP contribution in [0.5, 0.6) is 0 Å². The van der Waals surface area contributed by atoms with Crippen LogP contribution < -0.4 is 10.8 Å². The summed E-state index contributed by atoms with van der Waals surface area (Å²) < 4.78 is 40.2. The number of alkyl halides is 4. The standard InChI is InChI=1S/C16H21ClF3N5O3/c1-28-23-9-25(15(27)13(17)18)12(10-6-21-8-22-7-10)14(26)24-11-2-4-16(19,20)5-3-11/h6-8,11-13,23H,2-5,9H2,1H3,(H,24,26). The summed E-state index contributed by atoms with van der Waals surface area (Å²) in [5.41, 5.74) is 0.166. The molecule has 0 aromatic carbocycles. The fourth-order valence-electron chi connectivity index (χ4n) is 2.95. The SMILES string of the molecule is CONCN(C(=O)C(F)Cl)C(C(=O)NC1CCC(F)(F)CC1)c1cncnc1. The average molecular weight is 424 g/mol. The van der Waals surface area contributed by atoms with Crippen molar-refractivity contribution >= 4 is 23.4 Å². The van der Waals surface area contributed by atoms with Crippen LogP contribution in [0.1, 0.15) is 37.3 Å². The predicted molar refractivity (Wildman–Crippen MR) is 92.7 cm³/mol. The molecule has 0 bridgehead atoms. The second kappa shape index (κ2) is 9.99. The topological polar surface area (TPSA) is 96.5 Å². The van der Waals surface area contributed by atoms with Crippen molar-refractivity contribution in [3.8, 4) is 0 Å². The van der Waals surface area contributed by atoms with E-state index in [2.05, 4.69) is 25.6 Å². The molecule has 0 spiro atoms.